The number of fused-ring (bicyclic) bond motifs is 1. The van der Waals surface area contributed by atoms with Crippen molar-refractivity contribution in [2.45, 2.75) is 76.7 Å². The number of thioether (sulfide) groups is 1. The SMILES string of the molecule is CC1CCN(C(=O)CSc2nc3ccccc3n2CC(=O)N2[C@H](C)CCC[C@H]2C)CC1. The summed E-state index contributed by atoms with van der Waals surface area (Å²) in [6, 6.07) is 8.46. The van der Waals surface area contributed by atoms with E-state index in [1.807, 2.05) is 38.6 Å². The Balaban J connectivity index is 1.50. The van der Waals surface area contributed by atoms with E-state index in [1.54, 1.807) is 0 Å². The Hall–Kier alpha value is -2.02. The molecule has 0 bridgehead atoms. The number of carbonyl (C=O) groups excluding carboxylic acids is 2. The van der Waals surface area contributed by atoms with Crippen LogP contribution in [0.2, 0.25) is 0 Å². The van der Waals surface area contributed by atoms with Gasteiger partial charge in [0.25, 0.3) is 0 Å². The zero-order valence-electron chi connectivity index (χ0n) is 18.9. The fourth-order valence-corrected chi connectivity index (χ4v) is 5.84. The topological polar surface area (TPSA) is 58.4 Å². The molecule has 2 aliphatic heterocycles. The molecule has 2 fully saturated rings. The summed E-state index contributed by atoms with van der Waals surface area (Å²) in [7, 11) is 0. The van der Waals surface area contributed by atoms with Crippen LogP contribution in [0.5, 0.6) is 0 Å². The van der Waals surface area contributed by atoms with Crippen molar-refractivity contribution in [3.05, 3.63) is 24.3 Å². The summed E-state index contributed by atoms with van der Waals surface area (Å²) in [5, 5.41) is 0.755. The highest BCUT2D eigenvalue weighted by Crippen LogP contribution is 2.27. The molecule has 2 amide bonds. The lowest BCUT2D eigenvalue weighted by Crippen LogP contribution is -2.48. The Morgan fingerprint density at radius 3 is 2.39 bits per heavy atom. The van der Waals surface area contributed by atoms with Gasteiger partial charge in [-0.05, 0) is 64.0 Å². The second-order valence-electron chi connectivity index (χ2n) is 9.25. The fourth-order valence-electron chi connectivity index (χ4n) is 4.92. The third-order valence-corrected chi connectivity index (χ3v) is 7.82. The number of carbonyl (C=O) groups is 2. The predicted octanol–water partition coefficient (Wildman–Crippen LogP) is 4.18. The van der Waals surface area contributed by atoms with Crippen molar-refractivity contribution in [1.82, 2.24) is 19.4 Å². The molecule has 2 atom stereocenters. The Bertz CT molecular complexity index is 925. The lowest BCUT2D eigenvalue weighted by atomic mass is 9.97. The van der Waals surface area contributed by atoms with E-state index in [2.05, 4.69) is 20.8 Å². The highest BCUT2D eigenvalue weighted by Gasteiger charge is 2.30. The summed E-state index contributed by atoms with van der Waals surface area (Å²) in [6.07, 6.45) is 5.46. The quantitative estimate of drug-likeness (QED) is 0.652. The summed E-state index contributed by atoms with van der Waals surface area (Å²) in [5.74, 6) is 1.37. The zero-order chi connectivity index (χ0) is 22.0. The van der Waals surface area contributed by atoms with Gasteiger partial charge in [-0.25, -0.2) is 4.98 Å². The van der Waals surface area contributed by atoms with Crippen LogP contribution in [0.15, 0.2) is 29.4 Å². The number of likely N-dealkylation sites (tertiary alicyclic amines) is 2. The maximum atomic E-state index is 13.3. The molecule has 4 rings (SSSR count). The largest absolute Gasteiger partial charge is 0.342 e. The molecule has 0 radical (unpaired) electrons. The maximum Gasteiger partial charge on any atom is 0.243 e. The van der Waals surface area contributed by atoms with Gasteiger partial charge in [-0.1, -0.05) is 30.8 Å². The summed E-state index contributed by atoms with van der Waals surface area (Å²) in [5.41, 5.74) is 1.83. The molecule has 31 heavy (non-hydrogen) atoms. The van der Waals surface area contributed by atoms with Crippen LogP contribution in [0.1, 0.15) is 52.9 Å². The highest BCUT2D eigenvalue weighted by molar-refractivity contribution is 7.99. The van der Waals surface area contributed by atoms with Gasteiger partial charge in [0.2, 0.25) is 11.8 Å². The fraction of sp³-hybridized carbons (Fsp3) is 0.625. The summed E-state index contributed by atoms with van der Waals surface area (Å²) >= 11 is 1.46. The predicted molar refractivity (Wildman–Crippen MR) is 125 cm³/mol. The molecule has 1 aromatic heterocycles. The molecular formula is C24H34N4O2S. The van der Waals surface area contributed by atoms with E-state index in [4.69, 9.17) is 4.98 Å². The van der Waals surface area contributed by atoms with Gasteiger partial charge in [0.15, 0.2) is 5.16 Å². The van der Waals surface area contributed by atoms with Crippen LogP contribution >= 0.6 is 11.8 Å². The zero-order valence-corrected chi connectivity index (χ0v) is 19.7. The van der Waals surface area contributed by atoms with Gasteiger partial charge >= 0.3 is 0 Å². The van der Waals surface area contributed by atoms with Crippen LogP contribution in [0.25, 0.3) is 11.0 Å². The van der Waals surface area contributed by atoms with E-state index in [9.17, 15) is 9.59 Å². The van der Waals surface area contributed by atoms with E-state index in [-0.39, 0.29) is 30.4 Å². The van der Waals surface area contributed by atoms with E-state index in [0.29, 0.717) is 11.7 Å². The molecule has 3 heterocycles. The van der Waals surface area contributed by atoms with Crippen molar-refractivity contribution in [3.63, 3.8) is 0 Å². The van der Waals surface area contributed by atoms with Gasteiger partial charge in [0.1, 0.15) is 6.54 Å². The van der Waals surface area contributed by atoms with Gasteiger partial charge in [-0.2, -0.15) is 0 Å². The van der Waals surface area contributed by atoms with Gasteiger partial charge in [0.05, 0.1) is 16.8 Å². The smallest absolute Gasteiger partial charge is 0.243 e. The van der Waals surface area contributed by atoms with Crippen LogP contribution in [0, 0.1) is 5.92 Å². The molecule has 168 valence electrons. The van der Waals surface area contributed by atoms with Crippen LogP contribution < -0.4 is 0 Å². The van der Waals surface area contributed by atoms with Crippen LogP contribution in [0.4, 0.5) is 0 Å². The van der Waals surface area contributed by atoms with E-state index >= 15 is 0 Å². The van der Waals surface area contributed by atoms with Crippen molar-refractivity contribution in [2.24, 2.45) is 5.92 Å². The molecule has 0 unspecified atom stereocenters. The van der Waals surface area contributed by atoms with E-state index in [1.165, 1.54) is 18.2 Å². The number of hydrogen-bond acceptors (Lipinski definition) is 4. The summed E-state index contributed by atoms with van der Waals surface area (Å²) in [6.45, 7) is 8.51. The number of rotatable bonds is 5. The molecule has 2 aromatic rings. The first kappa shape index (κ1) is 22.2. The summed E-state index contributed by atoms with van der Waals surface area (Å²) < 4.78 is 2.00. The standard InChI is InChI=1S/C24H34N4O2S/c1-17-11-13-26(14-12-17)23(30)16-31-24-25-20-9-4-5-10-21(20)27(24)15-22(29)28-18(2)7-6-8-19(28)3/h4-5,9-10,17-19H,6-8,11-16H2,1-3H3/t18-,19-/m1/s1. The first-order valence-electron chi connectivity index (χ1n) is 11.6. The summed E-state index contributed by atoms with van der Waals surface area (Å²) in [4.78, 5) is 34.8. The second kappa shape index (κ2) is 9.63. The number of nitrogens with zero attached hydrogens (tertiary/aromatic N) is 4. The normalized spacial score (nSPS) is 22.8. The number of amides is 2. The molecular weight excluding hydrogens is 408 g/mol. The Kier molecular flexibility index (Phi) is 6.89. The van der Waals surface area contributed by atoms with Gasteiger partial charge < -0.3 is 14.4 Å². The van der Waals surface area contributed by atoms with E-state index in [0.717, 1.165) is 55.0 Å². The third kappa shape index (κ3) is 4.92. The molecule has 2 saturated heterocycles. The molecule has 2 aliphatic rings. The minimum Gasteiger partial charge on any atom is -0.342 e. The van der Waals surface area contributed by atoms with Crippen LogP contribution in [-0.4, -0.2) is 62.1 Å². The maximum absolute atomic E-state index is 13.3. The first-order valence-corrected chi connectivity index (χ1v) is 12.6. The molecule has 7 heteroatoms. The highest BCUT2D eigenvalue weighted by atomic mass is 32.2. The second-order valence-corrected chi connectivity index (χ2v) is 10.2. The molecule has 6 nitrogen and oxygen atoms in total. The van der Waals surface area contributed by atoms with E-state index < -0.39 is 0 Å². The van der Waals surface area contributed by atoms with Gasteiger partial charge in [-0.15, -0.1) is 0 Å². The van der Waals surface area contributed by atoms with Crippen molar-refractivity contribution in [1.29, 1.82) is 0 Å². The Labute approximate surface area is 189 Å². The minimum absolute atomic E-state index is 0.140. The lowest BCUT2D eigenvalue weighted by molar-refractivity contribution is -0.138. The molecule has 0 saturated carbocycles. The van der Waals surface area contributed by atoms with Gasteiger partial charge in [-0.3, -0.25) is 9.59 Å². The van der Waals surface area contributed by atoms with Crippen molar-refractivity contribution < 1.29 is 9.59 Å². The monoisotopic (exact) mass is 442 g/mol. The Morgan fingerprint density at radius 1 is 1.00 bits per heavy atom. The van der Waals surface area contributed by atoms with Crippen molar-refractivity contribution >= 4 is 34.6 Å². The molecule has 0 aliphatic carbocycles. The van der Waals surface area contributed by atoms with Gasteiger partial charge in [0, 0.05) is 25.2 Å². The molecule has 0 spiro atoms. The van der Waals surface area contributed by atoms with Crippen LogP contribution in [-0.2, 0) is 16.1 Å². The van der Waals surface area contributed by atoms with Crippen LogP contribution in [0.3, 0.4) is 0 Å². The minimum atomic E-state index is 0.140. The Morgan fingerprint density at radius 2 is 1.68 bits per heavy atom. The molecule has 1 aromatic carbocycles. The molecule has 0 N–H and O–H groups in total. The first-order chi connectivity index (χ1) is 14.9. The third-order valence-electron chi connectivity index (χ3n) is 6.86. The number of benzene rings is 1. The average molecular weight is 443 g/mol. The number of hydrogen-bond donors (Lipinski definition) is 0. The lowest BCUT2D eigenvalue weighted by Gasteiger charge is -2.39. The number of imidazole rings is 1. The number of piperidine rings is 2. The number of aromatic nitrogens is 2. The van der Waals surface area contributed by atoms with Crippen molar-refractivity contribution in [3.8, 4) is 0 Å². The number of para-hydroxylation sites is 2. The van der Waals surface area contributed by atoms with Crippen molar-refractivity contribution in [2.75, 3.05) is 18.8 Å². The average Bonchev–Trinajstić information content (AvgIpc) is 3.10.